The van der Waals surface area contributed by atoms with Crippen LogP contribution in [-0.2, 0) is 4.74 Å². The Morgan fingerprint density at radius 2 is 1.87 bits per heavy atom. The highest BCUT2D eigenvalue weighted by molar-refractivity contribution is 7.15. The van der Waals surface area contributed by atoms with Crippen molar-refractivity contribution in [3.05, 3.63) is 69.6 Å². The number of carbonyl (C=O) groups excluding carboxylic acids is 2. The Kier molecular flexibility index (Phi) is 7.13. The molecule has 0 bridgehead atoms. The second kappa shape index (κ2) is 9.78. The summed E-state index contributed by atoms with van der Waals surface area (Å²) >= 11 is 7.48. The molecule has 2 aromatic carbocycles. The minimum absolute atomic E-state index is 0.0168. The number of carbonyl (C=O) groups is 2. The Bertz CT molecular complexity index is 1060. The Balaban J connectivity index is 1.84. The van der Waals surface area contributed by atoms with Gasteiger partial charge in [0, 0.05) is 16.5 Å². The summed E-state index contributed by atoms with van der Waals surface area (Å²) in [6.07, 6.45) is 0. The maximum absolute atomic E-state index is 12.6. The number of nitrogens with one attached hydrogen (secondary N) is 1. The van der Waals surface area contributed by atoms with Gasteiger partial charge >= 0.3 is 5.97 Å². The summed E-state index contributed by atoms with van der Waals surface area (Å²) in [7, 11) is 1.52. The van der Waals surface area contributed by atoms with Gasteiger partial charge in [0.15, 0.2) is 5.78 Å². The van der Waals surface area contributed by atoms with Crippen molar-refractivity contribution in [1.82, 2.24) is 0 Å². The molecule has 1 N–H and O–H groups in total. The van der Waals surface area contributed by atoms with Crippen molar-refractivity contribution < 1.29 is 19.1 Å². The average Bonchev–Trinajstić information content (AvgIpc) is 3.16. The third kappa shape index (κ3) is 4.83. The standard InChI is InChI=1S/C23H22ClNO4S/c1-4-29-23(27)21-17(15-7-5-14(2)6-8-15)13-30-22(21)25-12-19(26)16-9-10-20(28-3)18(24)11-16/h5-11,13,25H,4,12H2,1-3H3. The first-order valence-corrected chi connectivity index (χ1v) is 10.7. The number of ether oxygens (including phenoxy) is 2. The average molecular weight is 444 g/mol. The topological polar surface area (TPSA) is 64.6 Å². The lowest BCUT2D eigenvalue weighted by Crippen LogP contribution is -2.16. The van der Waals surface area contributed by atoms with Crippen molar-refractivity contribution in [2.75, 3.05) is 25.6 Å². The molecule has 0 amide bonds. The van der Waals surface area contributed by atoms with E-state index >= 15 is 0 Å². The van der Waals surface area contributed by atoms with Crippen molar-refractivity contribution in [2.45, 2.75) is 13.8 Å². The van der Waals surface area contributed by atoms with E-state index in [2.05, 4.69) is 5.32 Å². The van der Waals surface area contributed by atoms with Crippen LogP contribution in [0.5, 0.6) is 5.75 Å². The van der Waals surface area contributed by atoms with Gasteiger partial charge in [0.25, 0.3) is 0 Å². The molecule has 3 aromatic rings. The summed E-state index contributed by atoms with van der Waals surface area (Å²) in [4.78, 5) is 25.3. The number of halogens is 1. The molecule has 0 atom stereocenters. The molecule has 0 spiro atoms. The van der Waals surface area contributed by atoms with Gasteiger partial charge in [0.05, 0.1) is 25.3 Å². The van der Waals surface area contributed by atoms with Gasteiger partial charge in [-0.15, -0.1) is 11.3 Å². The van der Waals surface area contributed by atoms with Crippen molar-refractivity contribution in [3.63, 3.8) is 0 Å². The van der Waals surface area contributed by atoms with Crippen molar-refractivity contribution in [2.24, 2.45) is 0 Å². The number of rotatable bonds is 8. The number of hydrogen-bond donors (Lipinski definition) is 1. The fraction of sp³-hybridized carbons (Fsp3) is 0.217. The second-order valence-corrected chi connectivity index (χ2v) is 7.85. The number of esters is 1. The summed E-state index contributed by atoms with van der Waals surface area (Å²) in [6.45, 7) is 4.06. The second-order valence-electron chi connectivity index (χ2n) is 6.57. The molecule has 0 saturated heterocycles. The lowest BCUT2D eigenvalue weighted by atomic mass is 10.0. The molecule has 0 aliphatic heterocycles. The molecule has 30 heavy (non-hydrogen) atoms. The molecule has 0 radical (unpaired) electrons. The van der Waals surface area contributed by atoms with Crippen LogP contribution in [0.4, 0.5) is 5.00 Å². The highest BCUT2D eigenvalue weighted by Crippen LogP contribution is 2.36. The number of anilines is 1. The summed E-state index contributed by atoms with van der Waals surface area (Å²) in [5.41, 5.74) is 3.73. The van der Waals surface area contributed by atoms with E-state index in [1.807, 2.05) is 36.6 Å². The first kappa shape index (κ1) is 21.9. The normalized spacial score (nSPS) is 10.5. The lowest BCUT2D eigenvalue weighted by molar-refractivity contribution is 0.0528. The molecule has 1 heterocycles. The maximum Gasteiger partial charge on any atom is 0.341 e. The number of benzene rings is 2. The minimum Gasteiger partial charge on any atom is -0.495 e. The maximum atomic E-state index is 12.6. The molecule has 0 unspecified atom stereocenters. The quantitative estimate of drug-likeness (QED) is 0.349. The number of Topliss-reactive ketones (excluding diaryl/α,β-unsaturated/α-hetero) is 1. The Morgan fingerprint density at radius 3 is 2.50 bits per heavy atom. The molecule has 0 saturated carbocycles. The summed E-state index contributed by atoms with van der Waals surface area (Å²) in [5, 5.41) is 5.95. The van der Waals surface area contributed by atoms with E-state index in [9.17, 15) is 9.59 Å². The highest BCUT2D eigenvalue weighted by Gasteiger charge is 2.22. The van der Waals surface area contributed by atoms with Crippen LogP contribution < -0.4 is 10.1 Å². The first-order chi connectivity index (χ1) is 14.4. The zero-order valence-electron chi connectivity index (χ0n) is 17.0. The smallest absolute Gasteiger partial charge is 0.341 e. The fourth-order valence-corrected chi connectivity index (χ4v) is 4.16. The van der Waals surface area contributed by atoms with E-state index in [0.717, 1.165) is 16.7 Å². The van der Waals surface area contributed by atoms with Gasteiger partial charge in [0.1, 0.15) is 16.3 Å². The van der Waals surface area contributed by atoms with E-state index < -0.39 is 5.97 Å². The molecule has 156 valence electrons. The van der Waals surface area contributed by atoms with E-state index in [0.29, 0.717) is 26.9 Å². The Hall–Kier alpha value is -2.83. The Morgan fingerprint density at radius 1 is 1.13 bits per heavy atom. The molecule has 0 aliphatic carbocycles. The molecule has 5 nitrogen and oxygen atoms in total. The Labute approximate surface area is 184 Å². The van der Waals surface area contributed by atoms with Gasteiger partial charge in [-0.25, -0.2) is 4.79 Å². The predicted molar refractivity (Wildman–Crippen MR) is 121 cm³/mol. The number of hydrogen-bond acceptors (Lipinski definition) is 6. The lowest BCUT2D eigenvalue weighted by Gasteiger charge is -2.10. The molecular formula is C23H22ClNO4S. The number of methoxy groups -OCH3 is 1. The van der Waals surface area contributed by atoms with E-state index in [-0.39, 0.29) is 18.9 Å². The van der Waals surface area contributed by atoms with Gasteiger partial charge in [-0.2, -0.15) is 0 Å². The van der Waals surface area contributed by atoms with Crippen LogP contribution in [0.25, 0.3) is 11.1 Å². The summed E-state index contributed by atoms with van der Waals surface area (Å²) in [5.74, 6) is -0.0665. The zero-order valence-corrected chi connectivity index (χ0v) is 18.5. The van der Waals surface area contributed by atoms with Gasteiger partial charge in [0.2, 0.25) is 0 Å². The SMILES string of the molecule is CCOC(=O)c1c(-c2ccc(C)cc2)csc1NCC(=O)c1ccc(OC)c(Cl)c1. The monoisotopic (exact) mass is 443 g/mol. The van der Waals surface area contributed by atoms with Crippen LogP contribution in [0, 0.1) is 6.92 Å². The molecule has 0 aliphatic rings. The third-order valence-corrected chi connectivity index (χ3v) is 5.75. The van der Waals surface area contributed by atoms with Crippen molar-refractivity contribution in [1.29, 1.82) is 0 Å². The van der Waals surface area contributed by atoms with Crippen LogP contribution in [0.2, 0.25) is 5.02 Å². The van der Waals surface area contributed by atoms with E-state index in [1.165, 1.54) is 18.4 Å². The van der Waals surface area contributed by atoms with Gasteiger partial charge in [-0.3, -0.25) is 4.79 Å². The van der Waals surface area contributed by atoms with Crippen molar-refractivity contribution in [3.8, 4) is 16.9 Å². The molecule has 7 heteroatoms. The van der Waals surface area contributed by atoms with Gasteiger partial charge in [-0.05, 0) is 37.6 Å². The number of thiophene rings is 1. The van der Waals surface area contributed by atoms with Crippen LogP contribution in [0.1, 0.15) is 33.2 Å². The third-order valence-electron chi connectivity index (χ3n) is 4.52. The summed E-state index contributed by atoms with van der Waals surface area (Å²) < 4.78 is 10.4. The number of ketones is 1. The number of aryl methyl sites for hydroxylation is 1. The predicted octanol–water partition coefficient (Wildman–Crippen LogP) is 5.86. The molecular weight excluding hydrogens is 422 g/mol. The molecule has 3 rings (SSSR count). The minimum atomic E-state index is -0.420. The van der Waals surface area contributed by atoms with Crippen LogP contribution >= 0.6 is 22.9 Å². The molecule has 1 aromatic heterocycles. The van der Waals surface area contributed by atoms with Crippen molar-refractivity contribution >= 4 is 39.7 Å². The largest absolute Gasteiger partial charge is 0.495 e. The van der Waals surface area contributed by atoms with Crippen LogP contribution in [0.3, 0.4) is 0 Å². The highest BCUT2D eigenvalue weighted by atomic mass is 35.5. The van der Waals surface area contributed by atoms with Crippen LogP contribution in [-0.4, -0.2) is 32.0 Å². The van der Waals surface area contributed by atoms with Gasteiger partial charge in [-0.1, -0.05) is 41.4 Å². The molecule has 0 fully saturated rings. The summed E-state index contributed by atoms with van der Waals surface area (Å²) in [6, 6.07) is 12.8. The van der Waals surface area contributed by atoms with E-state index in [4.69, 9.17) is 21.1 Å². The first-order valence-electron chi connectivity index (χ1n) is 9.40. The zero-order chi connectivity index (χ0) is 21.7. The van der Waals surface area contributed by atoms with Gasteiger partial charge < -0.3 is 14.8 Å². The van der Waals surface area contributed by atoms with E-state index in [1.54, 1.807) is 25.1 Å². The van der Waals surface area contributed by atoms with Crippen LogP contribution in [0.15, 0.2) is 47.8 Å². The fourth-order valence-electron chi connectivity index (χ4n) is 2.94.